The fourth-order valence-electron chi connectivity index (χ4n) is 3.02. The van der Waals surface area contributed by atoms with Gasteiger partial charge in [-0.1, -0.05) is 13.8 Å². The van der Waals surface area contributed by atoms with E-state index in [1.54, 1.807) is 33.1 Å². The topological polar surface area (TPSA) is 68.2 Å². The molecule has 0 radical (unpaired) electrons. The molecule has 26 heavy (non-hydrogen) atoms. The lowest BCUT2D eigenvalue weighted by Gasteiger charge is -2.29. The van der Waals surface area contributed by atoms with Crippen molar-refractivity contribution in [2.75, 3.05) is 40.2 Å². The van der Waals surface area contributed by atoms with Crippen LogP contribution < -0.4 is 14.2 Å². The molecule has 1 heterocycles. The van der Waals surface area contributed by atoms with Gasteiger partial charge in [-0.2, -0.15) is 0 Å². The first-order valence-electron chi connectivity index (χ1n) is 8.68. The van der Waals surface area contributed by atoms with E-state index < -0.39 is 0 Å². The second-order valence-corrected chi connectivity index (χ2v) is 8.19. The molecular formula is C19H29NO5S. The molecule has 1 N–H and O–H groups in total. The van der Waals surface area contributed by atoms with E-state index in [0.29, 0.717) is 29.5 Å². The molecule has 1 aromatic rings. The highest BCUT2D eigenvalue weighted by Gasteiger charge is 2.37. The van der Waals surface area contributed by atoms with E-state index in [9.17, 15) is 9.90 Å². The molecule has 0 saturated carbocycles. The van der Waals surface area contributed by atoms with Gasteiger partial charge in [-0.15, -0.1) is 11.8 Å². The molecule has 1 unspecified atom stereocenters. The Hall–Kier alpha value is -1.60. The van der Waals surface area contributed by atoms with Crippen LogP contribution in [0.2, 0.25) is 0 Å². The van der Waals surface area contributed by atoms with E-state index in [1.807, 2.05) is 30.9 Å². The third-order valence-electron chi connectivity index (χ3n) is 4.65. The van der Waals surface area contributed by atoms with Crippen molar-refractivity contribution < 1.29 is 24.1 Å². The minimum absolute atomic E-state index is 0.113. The first-order valence-corrected chi connectivity index (χ1v) is 9.73. The number of hydrogen-bond acceptors (Lipinski definition) is 6. The van der Waals surface area contributed by atoms with Gasteiger partial charge in [0, 0.05) is 25.3 Å². The summed E-state index contributed by atoms with van der Waals surface area (Å²) in [5.41, 5.74) is 0.717. The Kier molecular flexibility index (Phi) is 7.06. The molecule has 6 nitrogen and oxygen atoms in total. The number of nitrogens with zero attached hydrogens (tertiary/aromatic N) is 1. The maximum absolute atomic E-state index is 12.5. The van der Waals surface area contributed by atoms with Gasteiger partial charge in [-0.3, -0.25) is 4.79 Å². The first kappa shape index (κ1) is 20.7. The average Bonchev–Trinajstić information content (AvgIpc) is 3.00. The first-order chi connectivity index (χ1) is 12.4. The summed E-state index contributed by atoms with van der Waals surface area (Å²) in [5.74, 6) is 2.49. The van der Waals surface area contributed by atoms with E-state index in [0.717, 1.165) is 18.4 Å². The number of benzene rings is 1. The Morgan fingerprint density at radius 2 is 1.81 bits per heavy atom. The Bertz CT molecular complexity index is 609. The molecule has 1 aliphatic heterocycles. The molecule has 1 aromatic carbocycles. The van der Waals surface area contributed by atoms with Crippen LogP contribution in [-0.4, -0.2) is 56.1 Å². The smallest absolute Gasteiger partial charge is 0.233 e. The summed E-state index contributed by atoms with van der Waals surface area (Å²) < 4.78 is 16.4. The number of thioether (sulfide) groups is 1. The molecule has 1 saturated heterocycles. The maximum atomic E-state index is 12.5. The van der Waals surface area contributed by atoms with Crippen molar-refractivity contribution >= 4 is 17.7 Å². The molecule has 146 valence electrons. The number of aliphatic hydroxyl groups excluding tert-OH is 1. The Balaban J connectivity index is 2.27. The highest BCUT2D eigenvalue weighted by Crippen LogP contribution is 2.48. The normalized spacial score (nSPS) is 17.5. The molecule has 0 bridgehead atoms. The van der Waals surface area contributed by atoms with Crippen LogP contribution in [0.1, 0.15) is 37.6 Å². The highest BCUT2D eigenvalue weighted by molar-refractivity contribution is 8.00. The highest BCUT2D eigenvalue weighted by atomic mass is 32.2. The summed E-state index contributed by atoms with van der Waals surface area (Å²) in [5, 5.41) is 9.27. The molecular weight excluding hydrogens is 354 g/mol. The molecule has 7 heteroatoms. The van der Waals surface area contributed by atoms with Gasteiger partial charge in [-0.05, 0) is 18.3 Å². The van der Waals surface area contributed by atoms with Crippen LogP contribution in [0.4, 0.5) is 0 Å². The zero-order chi connectivity index (χ0) is 19.3. The van der Waals surface area contributed by atoms with Gasteiger partial charge in [0.25, 0.3) is 0 Å². The van der Waals surface area contributed by atoms with Crippen molar-refractivity contribution in [1.82, 2.24) is 4.90 Å². The van der Waals surface area contributed by atoms with Gasteiger partial charge < -0.3 is 24.2 Å². The van der Waals surface area contributed by atoms with Crippen molar-refractivity contribution in [2.24, 2.45) is 5.41 Å². The number of ether oxygens (including phenoxy) is 3. The number of amides is 1. The molecule has 1 fully saturated rings. The molecule has 0 aliphatic carbocycles. The zero-order valence-corrected chi connectivity index (χ0v) is 17.0. The predicted octanol–water partition coefficient (Wildman–Crippen LogP) is 3.09. The predicted molar refractivity (Wildman–Crippen MR) is 103 cm³/mol. The molecule has 1 amide bonds. The van der Waals surface area contributed by atoms with Crippen LogP contribution in [-0.2, 0) is 4.79 Å². The third-order valence-corrected chi connectivity index (χ3v) is 5.87. The lowest BCUT2D eigenvalue weighted by molar-refractivity contribution is -0.128. The fraction of sp³-hybridized carbons (Fsp3) is 0.632. The number of methoxy groups -OCH3 is 3. The summed E-state index contributed by atoms with van der Waals surface area (Å²) in [7, 11) is 4.80. The standard InChI is InChI=1S/C19H29NO5S/c1-19(2,12-21)7-6-8-20-16(22)11-26-18(20)17-14(24-4)9-13(23-3)10-15(17)25-5/h9-10,18,21H,6-8,11-12H2,1-5H3. The Labute approximate surface area is 159 Å². The van der Waals surface area contributed by atoms with E-state index in [1.165, 1.54) is 0 Å². The molecule has 0 aromatic heterocycles. The molecule has 1 atom stereocenters. The lowest BCUT2D eigenvalue weighted by atomic mass is 9.89. The molecule has 1 aliphatic rings. The minimum Gasteiger partial charge on any atom is -0.496 e. The van der Waals surface area contributed by atoms with Gasteiger partial charge in [0.15, 0.2) is 0 Å². The van der Waals surface area contributed by atoms with Gasteiger partial charge in [0.05, 0.1) is 32.6 Å². The monoisotopic (exact) mass is 383 g/mol. The van der Waals surface area contributed by atoms with Crippen LogP contribution in [0.3, 0.4) is 0 Å². The van der Waals surface area contributed by atoms with Gasteiger partial charge in [0.1, 0.15) is 22.6 Å². The Morgan fingerprint density at radius 1 is 1.19 bits per heavy atom. The van der Waals surface area contributed by atoms with E-state index in [-0.39, 0.29) is 23.3 Å². The van der Waals surface area contributed by atoms with Crippen LogP contribution in [0, 0.1) is 5.41 Å². The maximum Gasteiger partial charge on any atom is 0.233 e. The number of aliphatic hydroxyl groups is 1. The van der Waals surface area contributed by atoms with Gasteiger partial charge in [-0.25, -0.2) is 0 Å². The van der Waals surface area contributed by atoms with E-state index in [2.05, 4.69) is 0 Å². The molecule has 0 spiro atoms. The summed E-state index contributed by atoms with van der Waals surface area (Å²) >= 11 is 1.57. The quantitative estimate of drug-likeness (QED) is 0.707. The lowest BCUT2D eigenvalue weighted by Crippen LogP contribution is -2.30. The minimum atomic E-state index is -0.157. The number of carbonyl (C=O) groups is 1. The summed E-state index contributed by atoms with van der Waals surface area (Å²) in [4.78, 5) is 14.3. The number of hydrogen-bond donors (Lipinski definition) is 1. The summed E-state index contributed by atoms with van der Waals surface area (Å²) in [6.07, 6.45) is 1.68. The second-order valence-electron chi connectivity index (χ2n) is 7.12. The van der Waals surface area contributed by atoms with Gasteiger partial charge >= 0.3 is 0 Å². The summed E-state index contributed by atoms with van der Waals surface area (Å²) in [6, 6.07) is 3.63. The average molecular weight is 384 g/mol. The van der Waals surface area contributed by atoms with Crippen molar-refractivity contribution in [2.45, 2.75) is 32.1 Å². The van der Waals surface area contributed by atoms with Crippen molar-refractivity contribution in [1.29, 1.82) is 0 Å². The van der Waals surface area contributed by atoms with Crippen LogP contribution in [0.15, 0.2) is 12.1 Å². The van der Waals surface area contributed by atoms with E-state index >= 15 is 0 Å². The van der Waals surface area contributed by atoms with Crippen molar-refractivity contribution in [3.05, 3.63) is 17.7 Å². The van der Waals surface area contributed by atoms with Crippen LogP contribution in [0.25, 0.3) is 0 Å². The van der Waals surface area contributed by atoms with Crippen LogP contribution in [0.5, 0.6) is 17.2 Å². The zero-order valence-electron chi connectivity index (χ0n) is 16.2. The van der Waals surface area contributed by atoms with E-state index in [4.69, 9.17) is 14.2 Å². The van der Waals surface area contributed by atoms with Crippen molar-refractivity contribution in [3.8, 4) is 17.2 Å². The SMILES string of the molecule is COc1cc(OC)c(C2SCC(=O)N2CCCC(C)(C)CO)c(OC)c1. The summed E-state index contributed by atoms with van der Waals surface area (Å²) in [6.45, 7) is 4.83. The number of rotatable bonds is 9. The van der Waals surface area contributed by atoms with Crippen LogP contribution >= 0.6 is 11.8 Å². The fourth-order valence-corrected chi connectivity index (χ4v) is 4.29. The largest absolute Gasteiger partial charge is 0.496 e. The molecule has 2 rings (SSSR count). The van der Waals surface area contributed by atoms with Crippen molar-refractivity contribution in [3.63, 3.8) is 0 Å². The van der Waals surface area contributed by atoms with Gasteiger partial charge in [0.2, 0.25) is 5.91 Å². The number of carbonyl (C=O) groups excluding carboxylic acids is 1. The Morgan fingerprint density at radius 3 is 2.31 bits per heavy atom. The third kappa shape index (κ3) is 4.57. The second kappa shape index (κ2) is 8.86.